The lowest BCUT2D eigenvalue weighted by molar-refractivity contribution is -0.0564. The number of imidazole rings is 2. The SMILES string of the molecule is Nc1nc2c(ncn2C2OC3CO[P@](=O)(S)OC4C(CO[P@](=O)(S)OC2C3CO)OC(n2cnc3c(N)ncnc32)C4CO)c(=O)[nH]1. The van der Waals surface area contributed by atoms with E-state index in [1.807, 2.05) is 0 Å². The lowest BCUT2D eigenvalue weighted by Crippen LogP contribution is -2.34. The van der Waals surface area contributed by atoms with Crippen molar-refractivity contribution < 1.29 is 46.9 Å². The fourth-order valence-corrected chi connectivity index (χ4v) is 8.96. The summed E-state index contributed by atoms with van der Waals surface area (Å²) in [4.78, 5) is 35.3. The monoisotopic (exact) mass is 734 g/mol. The number of aromatic nitrogens is 8. The minimum absolute atomic E-state index is 0.00433. The predicted molar refractivity (Wildman–Crippen MR) is 166 cm³/mol. The highest BCUT2D eigenvalue weighted by Gasteiger charge is 2.53. The number of fused-ring (bicyclic) bond motifs is 5. The van der Waals surface area contributed by atoms with E-state index in [9.17, 15) is 24.1 Å². The molecule has 8 unspecified atom stereocenters. The fraction of sp³-hybridized carbons (Fsp3) is 0.545. The van der Waals surface area contributed by atoms with Crippen LogP contribution in [0.25, 0.3) is 22.3 Å². The van der Waals surface area contributed by atoms with E-state index in [0.29, 0.717) is 0 Å². The van der Waals surface area contributed by atoms with Gasteiger partial charge in [-0.1, -0.05) is 24.5 Å². The minimum Gasteiger partial charge on any atom is -0.396 e. The molecule has 0 saturated carbocycles. The first-order valence-corrected chi connectivity index (χ1v) is 19.3. The normalized spacial score (nSPS) is 36.6. The highest BCUT2D eigenvalue weighted by molar-refractivity contribution is 8.44. The number of rotatable bonds is 4. The summed E-state index contributed by atoms with van der Waals surface area (Å²) in [6.07, 6.45) is -3.07. The minimum atomic E-state index is -4.33. The number of thiol groups is 2. The first kappa shape index (κ1) is 32.9. The van der Waals surface area contributed by atoms with Gasteiger partial charge in [-0.05, 0) is 0 Å². The summed E-state index contributed by atoms with van der Waals surface area (Å²) in [5.41, 5.74) is 11.5. The number of hydrogen-bond acceptors (Lipinski definition) is 18. The molecule has 7 N–H and O–H groups in total. The Kier molecular flexibility index (Phi) is 8.63. The zero-order chi connectivity index (χ0) is 33.2. The fourth-order valence-electron chi connectivity index (χ4n) is 5.95. The molecule has 0 aliphatic carbocycles. The van der Waals surface area contributed by atoms with Gasteiger partial charge in [0.05, 0.1) is 51.1 Å². The number of aliphatic hydroxyl groups is 2. The number of nitrogens with one attached hydrogen (secondary N) is 1. The molecule has 254 valence electrons. The van der Waals surface area contributed by atoms with Gasteiger partial charge < -0.3 is 31.2 Å². The van der Waals surface area contributed by atoms with Gasteiger partial charge in [0.1, 0.15) is 36.4 Å². The van der Waals surface area contributed by atoms with Crippen molar-refractivity contribution in [1.82, 2.24) is 39.0 Å². The van der Waals surface area contributed by atoms with Crippen molar-refractivity contribution in [3.05, 3.63) is 29.3 Å². The van der Waals surface area contributed by atoms with Gasteiger partial charge in [-0.15, -0.1) is 0 Å². The van der Waals surface area contributed by atoms with Crippen LogP contribution in [0.4, 0.5) is 11.8 Å². The van der Waals surface area contributed by atoms with Gasteiger partial charge in [0.2, 0.25) is 5.95 Å². The number of aliphatic hydroxyl groups excluding tert-OH is 2. The molecule has 3 fully saturated rings. The molecule has 4 aromatic rings. The third kappa shape index (κ3) is 5.97. The molecule has 0 radical (unpaired) electrons. The molecular weight excluding hydrogens is 706 g/mol. The van der Waals surface area contributed by atoms with Crippen molar-refractivity contribution in [2.45, 2.75) is 36.9 Å². The van der Waals surface area contributed by atoms with E-state index in [1.54, 1.807) is 0 Å². The summed E-state index contributed by atoms with van der Waals surface area (Å²) in [5.74, 6) is -1.99. The molecule has 7 heterocycles. The van der Waals surface area contributed by atoms with E-state index in [4.69, 9.17) is 39.0 Å². The number of nitrogens with two attached hydrogens (primary N) is 2. The van der Waals surface area contributed by atoms with Crippen LogP contribution in [0.1, 0.15) is 12.5 Å². The number of H-pyrrole nitrogens is 1. The second kappa shape index (κ2) is 12.3. The predicted octanol–water partition coefficient (Wildman–Crippen LogP) is 0.0287. The Hall–Kier alpha value is -2.66. The number of nitrogen functional groups attached to an aromatic ring is 2. The molecule has 0 aromatic carbocycles. The average molecular weight is 735 g/mol. The standard InChI is InChI=1S/C22H28N10O11P2S2/c23-16-12-17(26-5-25-16)31(6-27-12)20-9(2-34)14-11(41-20)4-39-45(37,47)43-15-8(1-33)10(3-38-44(36,46)42-14)40-21(15)32-7-28-13-18(32)29-22(24)30-19(13)35/h5-11,14-15,20-21,33-34H,1-4H2,(H,36,46)(H,37,47)(H2,23,25,26)(H3,24,29,30,35)/t8?,9?,10?,11?,14?,15?,20?,21?,44-,45-/m0/s1. The van der Waals surface area contributed by atoms with Gasteiger partial charge in [0.15, 0.2) is 28.9 Å². The van der Waals surface area contributed by atoms with Crippen LogP contribution in [0.15, 0.2) is 23.8 Å². The third-order valence-electron chi connectivity index (χ3n) is 8.09. The second-order valence-electron chi connectivity index (χ2n) is 10.8. The molecular formula is C22H28N10O11P2S2. The maximum absolute atomic E-state index is 13.8. The van der Waals surface area contributed by atoms with Gasteiger partial charge in [-0.2, -0.15) is 4.98 Å². The van der Waals surface area contributed by atoms with Gasteiger partial charge in [0, 0.05) is 5.92 Å². The van der Waals surface area contributed by atoms with Crippen molar-refractivity contribution in [2.24, 2.45) is 11.8 Å². The van der Waals surface area contributed by atoms with Crippen LogP contribution in [-0.4, -0.2) is 100 Å². The molecule has 3 aliphatic heterocycles. The summed E-state index contributed by atoms with van der Waals surface area (Å²) < 4.78 is 65.6. The van der Waals surface area contributed by atoms with E-state index >= 15 is 0 Å². The summed E-state index contributed by atoms with van der Waals surface area (Å²) >= 11 is 8.34. The average Bonchev–Trinajstić information content (AvgIpc) is 3.78. The van der Waals surface area contributed by atoms with Crippen molar-refractivity contribution in [2.75, 3.05) is 37.9 Å². The smallest absolute Gasteiger partial charge is 0.386 e. The molecule has 7 rings (SSSR count). The Bertz CT molecular complexity index is 1980. The molecule has 47 heavy (non-hydrogen) atoms. The van der Waals surface area contributed by atoms with E-state index in [1.165, 1.54) is 28.1 Å². The highest BCUT2D eigenvalue weighted by Crippen LogP contribution is 2.61. The number of anilines is 2. The van der Waals surface area contributed by atoms with E-state index in [2.05, 4.69) is 54.4 Å². The Morgan fingerprint density at radius 1 is 0.851 bits per heavy atom. The third-order valence-corrected chi connectivity index (χ3v) is 11.3. The van der Waals surface area contributed by atoms with Crippen molar-refractivity contribution >= 4 is 72.2 Å². The van der Waals surface area contributed by atoms with E-state index in [0.717, 1.165) is 0 Å². The molecule has 21 nitrogen and oxygen atoms in total. The lowest BCUT2D eigenvalue weighted by atomic mass is 9.99. The van der Waals surface area contributed by atoms with Crippen LogP contribution >= 0.6 is 38.1 Å². The second-order valence-corrected chi connectivity index (χ2v) is 16.6. The Labute approximate surface area is 273 Å². The molecule has 25 heteroatoms. The number of aromatic amines is 1. The maximum Gasteiger partial charge on any atom is 0.386 e. The molecule has 3 aliphatic rings. The molecule has 4 aromatic heterocycles. The van der Waals surface area contributed by atoms with Crippen LogP contribution < -0.4 is 17.0 Å². The van der Waals surface area contributed by atoms with Gasteiger partial charge >= 0.3 is 13.6 Å². The highest BCUT2D eigenvalue weighted by atomic mass is 32.7. The zero-order valence-electron chi connectivity index (χ0n) is 23.8. The summed E-state index contributed by atoms with van der Waals surface area (Å²) in [5, 5.41) is 20.8. The summed E-state index contributed by atoms with van der Waals surface area (Å²) in [6, 6.07) is 0. The van der Waals surface area contributed by atoms with Crippen LogP contribution in [0.2, 0.25) is 0 Å². The van der Waals surface area contributed by atoms with Gasteiger partial charge in [-0.3, -0.25) is 37.0 Å². The Morgan fingerprint density at radius 3 is 2.17 bits per heavy atom. The maximum atomic E-state index is 13.8. The largest absolute Gasteiger partial charge is 0.396 e. The molecule has 2 bridgehead atoms. The van der Waals surface area contributed by atoms with Crippen molar-refractivity contribution in [1.29, 1.82) is 0 Å². The number of ether oxygens (including phenoxy) is 2. The Morgan fingerprint density at radius 2 is 1.47 bits per heavy atom. The van der Waals surface area contributed by atoms with Gasteiger partial charge in [0.25, 0.3) is 5.56 Å². The summed E-state index contributed by atoms with van der Waals surface area (Å²) in [6.45, 7) is -10.7. The van der Waals surface area contributed by atoms with Crippen molar-refractivity contribution in [3.63, 3.8) is 0 Å². The first-order valence-electron chi connectivity index (χ1n) is 13.9. The van der Waals surface area contributed by atoms with Crippen LogP contribution in [0, 0.1) is 11.8 Å². The van der Waals surface area contributed by atoms with Crippen LogP contribution in [0.3, 0.4) is 0 Å². The zero-order valence-corrected chi connectivity index (χ0v) is 27.4. The first-order chi connectivity index (χ1) is 22.4. The van der Waals surface area contributed by atoms with E-state index in [-0.39, 0.29) is 34.1 Å². The number of hydrogen-bond donors (Lipinski definition) is 7. The van der Waals surface area contributed by atoms with Crippen LogP contribution in [-0.2, 0) is 36.7 Å². The van der Waals surface area contributed by atoms with Crippen molar-refractivity contribution in [3.8, 4) is 0 Å². The van der Waals surface area contributed by atoms with Gasteiger partial charge in [-0.25, -0.2) is 29.1 Å². The topological polar surface area (TPSA) is 289 Å². The number of nitrogens with zero attached hydrogens (tertiary/aromatic N) is 7. The molecule has 10 atom stereocenters. The molecule has 0 spiro atoms. The molecule has 0 amide bonds. The Balaban J connectivity index is 1.23. The van der Waals surface area contributed by atoms with Crippen LogP contribution in [0.5, 0.6) is 0 Å². The van der Waals surface area contributed by atoms with E-state index < -0.39 is 94.3 Å². The summed E-state index contributed by atoms with van der Waals surface area (Å²) in [7, 11) is 0. The quantitative estimate of drug-likeness (QED) is 0.107. The molecule has 3 saturated heterocycles. The lowest BCUT2D eigenvalue weighted by Gasteiger charge is -2.27.